The first-order chi connectivity index (χ1) is 9.47. The van der Waals surface area contributed by atoms with Crippen molar-refractivity contribution in [2.45, 2.75) is 31.9 Å². The number of hydrogen-bond acceptors (Lipinski definition) is 6. The highest BCUT2D eigenvalue weighted by molar-refractivity contribution is 5.98. The molecule has 0 aromatic carbocycles. The van der Waals surface area contributed by atoms with Gasteiger partial charge in [0.15, 0.2) is 0 Å². The molecule has 8 nitrogen and oxygen atoms in total. The van der Waals surface area contributed by atoms with Crippen LogP contribution in [-0.4, -0.2) is 34.6 Å². The second-order valence-electron chi connectivity index (χ2n) is 4.76. The molecule has 0 spiro atoms. The molecule has 0 bridgehead atoms. The molecule has 1 aliphatic heterocycles. The normalized spacial score (nSPS) is 22.2. The van der Waals surface area contributed by atoms with Gasteiger partial charge in [0.25, 0.3) is 11.6 Å². The van der Waals surface area contributed by atoms with Crippen molar-refractivity contribution in [1.29, 1.82) is 0 Å². The Labute approximate surface area is 115 Å². The van der Waals surface area contributed by atoms with E-state index >= 15 is 0 Å². The number of anilines is 1. The van der Waals surface area contributed by atoms with Crippen LogP contribution in [0, 0.1) is 10.1 Å². The highest BCUT2D eigenvalue weighted by atomic mass is 16.6. The lowest BCUT2D eigenvalue weighted by molar-refractivity contribution is -0.385. The fourth-order valence-corrected chi connectivity index (χ4v) is 2.18. The minimum Gasteiger partial charge on any atom is -0.384 e. The number of rotatable bonds is 3. The SMILES string of the molecule is CC1CC(NC(=O)c2cc(N)ncc2[N+](=O)[O-])CCO1. The number of nitrogens with two attached hydrogens (primary N) is 1. The molecule has 8 heteroatoms. The van der Waals surface area contributed by atoms with E-state index in [1.165, 1.54) is 6.07 Å². The fraction of sp³-hybridized carbons (Fsp3) is 0.500. The summed E-state index contributed by atoms with van der Waals surface area (Å²) in [5, 5.41) is 13.7. The predicted molar refractivity (Wildman–Crippen MR) is 71.2 cm³/mol. The molecule has 1 aromatic rings. The minimum absolute atomic E-state index is 0.0553. The average Bonchev–Trinajstić information content (AvgIpc) is 2.38. The number of nitrogens with one attached hydrogen (secondary N) is 1. The number of pyridine rings is 1. The van der Waals surface area contributed by atoms with E-state index in [-0.39, 0.29) is 29.2 Å². The molecule has 1 fully saturated rings. The van der Waals surface area contributed by atoms with E-state index in [1.54, 1.807) is 0 Å². The van der Waals surface area contributed by atoms with E-state index in [2.05, 4.69) is 10.3 Å². The summed E-state index contributed by atoms with van der Waals surface area (Å²) in [6.07, 6.45) is 2.42. The summed E-state index contributed by atoms with van der Waals surface area (Å²) in [6.45, 7) is 2.48. The van der Waals surface area contributed by atoms with Crippen LogP contribution in [0.25, 0.3) is 0 Å². The summed E-state index contributed by atoms with van der Waals surface area (Å²) in [6, 6.07) is 1.16. The lowest BCUT2D eigenvalue weighted by Crippen LogP contribution is -2.41. The van der Waals surface area contributed by atoms with Crippen LogP contribution in [0.4, 0.5) is 11.5 Å². The van der Waals surface area contributed by atoms with Crippen LogP contribution in [-0.2, 0) is 4.74 Å². The molecule has 2 heterocycles. The van der Waals surface area contributed by atoms with E-state index in [0.717, 1.165) is 6.20 Å². The van der Waals surface area contributed by atoms with E-state index in [0.29, 0.717) is 19.4 Å². The first kappa shape index (κ1) is 14.2. The molecule has 20 heavy (non-hydrogen) atoms. The molecule has 2 rings (SSSR count). The number of carbonyl (C=O) groups excluding carboxylic acids is 1. The van der Waals surface area contributed by atoms with Gasteiger partial charge in [0.05, 0.1) is 11.0 Å². The van der Waals surface area contributed by atoms with Gasteiger partial charge in [-0.3, -0.25) is 14.9 Å². The molecule has 1 amide bonds. The van der Waals surface area contributed by atoms with Gasteiger partial charge in [-0.1, -0.05) is 0 Å². The highest BCUT2D eigenvalue weighted by Crippen LogP contribution is 2.20. The molecule has 108 valence electrons. The van der Waals surface area contributed by atoms with Crippen LogP contribution in [0.5, 0.6) is 0 Å². The largest absolute Gasteiger partial charge is 0.384 e. The van der Waals surface area contributed by atoms with E-state index in [1.807, 2.05) is 6.92 Å². The van der Waals surface area contributed by atoms with Crippen molar-refractivity contribution in [2.75, 3.05) is 12.3 Å². The number of hydrogen-bond donors (Lipinski definition) is 2. The zero-order valence-corrected chi connectivity index (χ0v) is 11.0. The molecule has 0 radical (unpaired) electrons. The van der Waals surface area contributed by atoms with Crippen LogP contribution >= 0.6 is 0 Å². The molecule has 1 aromatic heterocycles. The van der Waals surface area contributed by atoms with Crippen molar-refractivity contribution in [3.8, 4) is 0 Å². The van der Waals surface area contributed by atoms with Gasteiger partial charge in [0, 0.05) is 12.6 Å². The lowest BCUT2D eigenvalue weighted by Gasteiger charge is -2.27. The molecule has 1 aliphatic rings. The molecule has 3 N–H and O–H groups in total. The third-order valence-corrected chi connectivity index (χ3v) is 3.17. The Kier molecular flexibility index (Phi) is 4.14. The van der Waals surface area contributed by atoms with Crippen LogP contribution in [0.1, 0.15) is 30.1 Å². The maximum absolute atomic E-state index is 12.2. The minimum atomic E-state index is -0.645. The van der Waals surface area contributed by atoms with Crippen LogP contribution in [0.3, 0.4) is 0 Å². The second kappa shape index (κ2) is 5.83. The Balaban J connectivity index is 2.16. The number of amides is 1. The van der Waals surface area contributed by atoms with Crippen molar-refractivity contribution in [1.82, 2.24) is 10.3 Å². The Morgan fingerprint density at radius 1 is 1.65 bits per heavy atom. The van der Waals surface area contributed by atoms with Gasteiger partial charge in [-0.25, -0.2) is 4.98 Å². The van der Waals surface area contributed by atoms with E-state index in [4.69, 9.17) is 10.5 Å². The summed E-state index contributed by atoms with van der Waals surface area (Å²) in [4.78, 5) is 26.1. The zero-order valence-electron chi connectivity index (χ0n) is 11.0. The van der Waals surface area contributed by atoms with Gasteiger partial charge in [-0.05, 0) is 25.8 Å². The van der Waals surface area contributed by atoms with Gasteiger partial charge in [0.1, 0.15) is 17.6 Å². The molecule has 1 saturated heterocycles. The van der Waals surface area contributed by atoms with Crippen molar-refractivity contribution >= 4 is 17.4 Å². The van der Waals surface area contributed by atoms with Crippen molar-refractivity contribution in [2.24, 2.45) is 0 Å². The van der Waals surface area contributed by atoms with Crippen LogP contribution < -0.4 is 11.1 Å². The number of ether oxygens (including phenoxy) is 1. The quantitative estimate of drug-likeness (QED) is 0.626. The standard InChI is InChI=1S/C12H16N4O4/c1-7-4-8(2-3-20-7)15-12(17)9-5-11(13)14-6-10(9)16(18)19/h5-8H,2-4H2,1H3,(H2,13,14)(H,15,17). The first-order valence-electron chi connectivity index (χ1n) is 6.29. The predicted octanol–water partition coefficient (Wildman–Crippen LogP) is 0.869. The summed E-state index contributed by atoms with van der Waals surface area (Å²) < 4.78 is 5.39. The number of nitrogens with zero attached hydrogens (tertiary/aromatic N) is 2. The third-order valence-electron chi connectivity index (χ3n) is 3.17. The molecule has 2 unspecified atom stereocenters. The lowest BCUT2D eigenvalue weighted by atomic mass is 10.0. The summed E-state index contributed by atoms with van der Waals surface area (Å²) in [5.74, 6) is -0.439. The molecule has 2 atom stereocenters. The summed E-state index contributed by atoms with van der Waals surface area (Å²) in [7, 11) is 0. The van der Waals surface area contributed by atoms with Gasteiger partial charge >= 0.3 is 0 Å². The van der Waals surface area contributed by atoms with Gasteiger partial charge < -0.3 is 15.8 Å². The van der Waals surface area contributed by atoms with Crippen molar-refractivity contribution < 1.29 is 14.5 Å². The maximum atomic E-state index is 12.2. The summed E-state index contributed by atoms with van der Waals surface area (Å²) in [5.41, 5.74) is 5.07. The average molecular weight is 280 g/mol. The van der Waals surface area contributed by atoms with Gasteiger partial charge in [0.2, 0.25) is 0 Å². The molecule has 0 saturated carbocycles. The van der Waals surface area contributed by atoms with Gasteiger partial charge in [-0.15, -0.1) is 0 Å². The number of nitro groups is 1. The van der Waals surface area contributed by atoms with Crippen LogP contribution in [0.15, 0.2) is 12.3 Å². The third kappa shape index (κ3) is 3.21. The first-order valence-corrected chi connectivity index (χ1v) is 6.29. The van der Waals surface area contributed by atoms with E-state index in [9.17, 15) is 14.9 Å². The monoisotopic (exact) mass is 280 g/mol. The Hall–Kier alpha value is -2.22. The summed E-state index contributed by atoms with van der Waals surface area (Å²) >= 11 is 0. The molecular weight excluding hydrogens is 264 g/mol. The Bertz CT molecular complexity index is 534. The van der Waals surface area contributed by atoms with E-state index < -0.39 is 10.8 Å². The maximum Gasteiger partial charge on any atom is 0.300 e. The Morgan fingerprint density at radius 2 is 2.40 bits per heavy atom. The number of nitrogen functional groups attached to an aromatic ring is 1. The fourth-order valence-electron chi connectivity index (χ4n) is 2.18. The molecule has 0 aliphatic carbocycles. The second-order valence-corrected chi connectivity index (χ2v) is 4.76. The smallest absolute Gasteiger partial charge is 0.300 e. The van der Waals surface area contributed by atoms with Crippen molar-refractivity contribution in [3.63, 3.8) is 0 Å². The van der Waals surface area contributed by atoms with Gasteiger partial charge in [-0.2, -0.15) is 0 Å². The zero-order chi connectivity index (χ0) is 14.7. The number of carbonyl (C=O) groups is 1. The number of aromatic nitrogens is 1. The highest BCUT2D eigenvalue weighted by Gasteiger charge is 2.26. The van der Waals surface area contributed by atoms with Crippen LogP contribution in [0.2, 0.25) is 0 Å². The Morgan fingerprint density at radius 3 is 3.05 bits per heavy atom. The molecular formula is C12H16N4O4. The topological polar surface area (TPSA) is 120 Å². The van der Waals surface area contributed by atoms with Crippen molar-refractivity contribution in [3.05, 3.63) is 27.9 Å².